The van der Waals surface area contributed by atoms with Crippen molar-refractivity contribution in [3.05, 3.63) is 55.7 Å². The minimum Gasteiger partial charge on any atom is -0.396 e. The van der Waals surface area contributed by atoms with Gasteiger partial charge in [0, 0.05) is 31.8 Å². The minimum absolute atomic E-state index is 0.0953. The molecule has 0 bridgehead atoms. The first-order chi connectivity index (χ1) is 14.5. The zero-order valence-electron chi connectivity index (χ0n) is 17.4. The molecule has 3 rings (SSSR count). The standard InChI is InChI=1S/C21H28ClN5O3/c1-3-4-5-11-23-20-24-18-17(27(20)14-15-7-9-16(22)10-8-15)19(29)26(12-6-13-28)21(30)25(18)2/h7-10,28H,3-6,11-14H2,1-2H3,(H,23,24). The summed E-state index contributed by atoms with van der Waals surface area (Å²) in [5, 5.41) is 13.1. The Labute approximate surface area is 179 Å². The summed E-state index contributed by atoms with van der Waals surface area (Å²) >= 11 is 6.01. The monoisotopic (exact) mass is 433 g/mol. The molecule has 1 aromatic carbocycles. The molecule has 3 aromatic rings. The third kappa shape index (κ3) is 4.60. The Balaban J connectivity index is 2.14. The van der Waals surface area contributed by atoms with Gasteiger partial charge in [-0.1, -0.05) is 43.5 Å². The summed E-state index contributed by atoms with van der Waals surface area (Å²) in [5.41, 5.74) is 0.838. The highest BCUT2D eigenvalue weighted by atomic mass is 35.5. The second-order valence-electron chi connectivity index (χ2n) is 7.33. The van der Waals surface area contributed by atoms with Crippen LogP contribution in [0.15, 0.2) is 33.9 Å². The second kappa shape index (κ2) is 9.95. The first-order valence-corrected chi connectivity index (χ1v) is 10.6. The van der Waals surface area contributed by atoms with E-state index < -0.39 is 11.2 Å². The fourth-order valence-corrected chi connectivity index (χ4v) is 3.56. The van der Waals surface area contributed by atoms with Gasteiger partial charge in [0.15, 0.2) is 11.2 Å². The highest BCUT2D eigenvalue weighted by Crippen LogP contribution is 2.19. The van der Waals surface area contributed by atoms with Crippen molar-refractivity contribution in [2.45, 2.75) is 45.7 Å². The SMILES string of the molecule is CCCCCNc1nc2c(c(=O)n(CCCO)c(=O)n2C)n1Cc1ccc(Cl)cc1. The average Bonchev–Trinajstić information content (AvgIpc) is 3.10. The maximum Gasteiger partial charge on any atom is 0.332 e. The molecule has 0 aliphatic rings. The van der Waals surface area contributed by atoms with Crippen LogP contribution in [0.25, 0.3) is 11.2 Å². The van der Waals surface area contributed by atoms with Crippen molar-refractivity contribution < 1.29 is 5.11 Å². The van der Waals surface area contributed by atoms with Gasteiger partial charge in [0.05, 0.1) is 6.54 Å². The maximum atomic E-state index is 13.2. The molecule has 2 aromatic heterocycles. The number of aromatic nitrogens is 4. The predicted molar refractivity (Wildman–Crippen MR) is 120 cm³/mol. The Hall–Kier alpha value is -2.58. The molecular formula is C21H28ClN5O3. The van der Waals surface area contributed by atoms with Crippen molar-refractivity contribution in [2.75, 3.05) is 18.5 Å². The zero-order chi connectivity index (χ0) is 21.7. The lowest BCUT2D eigenvalue weighted by molar-refractivity contribution is 0.277. The van der Waals surface area contributed by atoms with E-state index in [-0.39, 0.29) is 13.2 Å². The molecule has 2 heterocycles. The van der Waals surface area contributed by atoms with E-state index >= 15 is 0 Å². The zero-order valence-corrected chi connectivity index (χ0v) is 18.2. The number of unbranched alkanes of at least 4 members (excludes halogenated alkanes) is 2. The summed E-state index contributed by atoms with van der Waals surface area (Å²) in [6.07, 6.45) is 3.51. The largest absolute Gasteiger partial charge is 0.396 e. The molecule has 0 spiro atoms. The third-order valence-electron chi connectivity index (χ3n) is 5.09. The first kappa shape index (κ1) is 22.1. The molecule has 30 heavy (non-hydrogen) atoms. The van der Waals surface area contributed by atoms with Gasteiger partial charge in [0.25, 0.3) is 5.56 Å². The number of hydrogen-bond acceptors (Lipinski definition) is 5. The van der Waals surface area contributed by atoms with E-state index in [0.717, 1.165) is 31.4 Å². The van der Waals surface area contributed by atoms with Crippen LogP contribution in [0.4, 0.5) is 5.95 Å². The summed E-state index contributed by atoms with van der Waals surface area (Å²) < 4.78 is 4.38. The van der Waals surface area contributed by atoms with E-state index in [1.165, 1.54) is 9.13 Å². The van der Waals surface area contributed by atoms with Crippen LogP contribution in [0, 0.1) is 0 Å². The van der Waals surface area contributed by atoms with Crippen molar-refractivity contribution in [3.8, 4) is 0 Å². The van der Waals surface area contributed by atoms with Crippen LogP contribution in [0.3, 0.4) is 0 Å². The molecule has 0 aliphatic heterocycles. The number of halogens is 1. The topological polar surface area (TPSA) is 94.1 Å². The van der Waals surface area contributed by atoms with E-state index in [4.69, 9.17) is 16.7 Å². The Morgan fingerprint density at radius 3 is 2.50 bits per heavy atom. The van der Waals surface area contributed by atoms with Gasteiger partial charge in [-0.15, -0.1) is 0 Å². The number of fused-ring (bicyclic) bond motifs is 1. The summed E-state index contributed by atoms with van der Waals surface area (Å²) in [6.45, 7) is 3.34. The number of imidazole rings is 1. The van der Waals surface area contributed by atoms with Gasteiger partial charge in [0.2, 0.25) is 5.95 Å². The maximum absolute atomic E-state index is 13.2. The number of aryl methyl sites for hydroxylation is 1. The predicted octanol–water partition coefficient (Wildman–Crippen LogP) is 2.58. The van der Waals surface area contributed by atoms with Gasteiger partial charge >= 0.3 is 5.69 Å². The van der Waals surface area contributed by atoms with Gasteiger partial charge in [0.1, 0.15) is 0 Å². The summed E-state index contributed by atoms with van der Waals surface area (Å²) in [5.74, 6) is 0.558. The van der Waals surface area contributed by atoms with E-state index in [1.807, 2.05) is 16.7 Å². The molecule has 0 fully saturated rings. The number of nitrogens with one attached hydrogen (secondary N) is 1. The lowest BCUT2D eigenvalue weighted by Gasteiger charge is -2.12. The number of aliphatic hydroxyl groups excluding tert-OH is 1. The lowest BCUT2D eigenvalue weighted by atomic mass is 10.2. The molecule has 8 nitrogen and oxygen atoms in total. The van der Waals surface area contributed by atoms with Crippen LogP contribution in [0.5, 0.6) is 0 Å². The second-order valence-corrected chi connectivity index (χ2v) is 7.77. The van der Waals surface area contributed by atoms with Crippen LogP contribution in [0.1, 0.15) is 38.2 Å². The number of anilines is 1. The molecule has 0 unspecified atom stereocenters. The van der Waals surface area contributed by atoms with E-state index in [1.54, 1.807) is 19.2 Å². The molecule has 0 amide bonds. The van der Waals surface area contributed by atoms with Crippen LogP contribution in [-0.2, 0) is 20.1 Å². The van der Waals surface area contributed by atoms with Crippen LogP contribution >= 0.6 is 11.6 Å². The lowest BCUT2D eigenvalue weighted by Crippen LogP contribution is -2.39. The number of rotatable bonds is 10. The smallest absolute Gasteiger partial charge is 0.332 e. The number of benzene rings is 1. The molecule has 0 saturated heterocycles. The van der Waals surface area contributed by atoms with Crippen LogP contribution < -0.4 is 16.6 Å². The molecule has 162 valence electrons. The van der Waals surface area contributed by atoms with Gasteiger partial charge in [-0.05, 0) is 30.5 Å². The first-order valence-electron chi connectivity index (χ1n) is 10.3. The Bertz CT molecular complexity index is 1110. The molecular weight excluding hydrogens is 406 g/mol. The fourth-order valence-electron chi connectivity index (χ4n) is 3.43. The van der Waals surface area contributed by atoms with Gasteiger partial charge in [-0.25, -0.2) is 4.79 Å². The number of hydrogen-bond donors (Lipinski definition) is 2. The molecule has 2 N–H and O–H groups in total. The quantitative estimate of drug-likeness (QED) is 0.479. The minimum atomic E-state index is -0.436. The van der Waals surface area contributed by atoms with Crippen molar-refractivity contribution >= 4 is 28.7 Å². The average molecular weight is 434 g/mol. The summed E-state index contributed by atoms with van der Waals surface area (Å²) in [4.78, 5) is 30.5. The van der Waals surface area contributed by atoms with Gasteiger partial charge in [-0.2, -0.15) is 4.98 Å². The summed E-state index contributed by atoms with van der Waals surface area (Å²) in [7, 11) is 1.61. The van der Waals surface area contributed by atoms with Crippen molar-refractivity contribution in [3.63, 3.8) is 0 Å². The fraction of sp³-hybridized carbons (Fsp3) is 0.476. The summed E-state index contributed by atoms with van der Waals surface area (Å²) in [6, 6.07) is 7.42. The highest BCUT2D eigenvalue weighted by Gasteiger charge is 2.20. The van der Waals surface area contributed by atoms with Gasteiger partial charge in [-0.3, -0.25) is 18.5 Å². The third-order valence-corrected chi connectivity index (χ3v) is 5.34. The molecule has 9 heteroatoms. The molecule has 0 radical (unpaired) electrons. The van der Waals surface area contributed by atoms with E-state index in [9.17, 15) is 9.59 Å². The van der Waals surface area contributed by atoms with Crippen molar-refractivity contribution in [1.29, 1.82) is 0 Å². The van der Waals surface area contributed by atoms with E-state index in [2.05, 4.69) is 17.2 Å². The van der Waals surface area contributed by atoms with Gasteiger partial charge < -0.3 is 10.4 Å². The van der Waals surface area contributed by atoms with Crippen molar-refractivity contribution in [1.82, 2.24) is 18.7 Å². The molecule has 0 saturated carbocycles. The Kier molecular flexibility index (Phi) is 7.33. The van der Waals surface area contributed by atoms with Crippen LogP contribution in [0.2, 0.25) is 5.02 Å². The number of aliphatic hydroxyl groups is 1. The molecule has 0 aliphatic carbocycles. The normalized spacial score (nSPS) is 11.3. The highest BCUT2D eigenvalue weighted by molar-refractivity contribution is 6.30. The van der Waals surface area contributed by atoms with Crippen LogP contribution in [-0.4, -0.2) is 36.9 Å². The van der Waals surface area contributed by atoms with E-state index in [0.29, 0.717) is 35.1 Å². The molecule has 0 atom stereocenters. The van der Waals surface area contributed by atoms with Crippen molar-refractivity contribution in [2.24, 2.45) is 7.05 Å². The Morgan fingerprint density at radius 2 is 1.83 bits per heavy atom. The Morgan fingerprint density at radius 1 is 1.10 bits per heavy atom. The number of nitrogens with zero attached hydrogens (tertiary/aromatic N) is 4.